The highest BCUT2D eigenvalue weighted by molar-refractivity contribution is 5.77. The Hall–Kier alpha value is -1.59. The van der Waals surface area contributed by atoms with Crippen LogP contribution in [0.2, 0.25) is 0 Å². The number of methoxy groups -OCH3 is 1. The van der Waals surface area contributed by atoms with Crippen LogP contribution in [0, 0.1) is 6.92 Å². The van der Waals surface area contributed by atoms with Gasteiger partial charge < -0.3 is 19.3 Å². The Morgan fingerprint density at radius 2 is 2.00 bits per heavy atom. The molecule has 0 radical (unpaired) electrons. The molecular formula is C19H28N2O3. The van der Waals surface area contributed by atoms with Crippen LogP contribution in [0.5, 0.6) is 0 Å². The van der Waals surface area contributed by atoms with E-state index in [1.165, 1.54) is 11.3 Å². The molecule has 0 unspecified atom stereocenters. The fourth-order valence-corrected chi connectivity index (χ4v) is 3.79. The van der Waals surface area contributed by atoms with Crippen molar-refractivity contribution in [3.8, 4) is 0 Å². The highest BCUT2D eigenvalue weighted by Gasteiger charge is 2.44. The third-order valence-corrected chi connectivity index (χ3v) is 5.47. The highest BCUT2D eigenvalue weighted by Crippen LogP contribution is 2.38. The molecule has 0 saturated carbocycles. The van der Waals surface area contributed by atoms with Crippen molar-refractivity contribution >= 4 is 11.6 Å². The summed E-state index contributed by atoms with van der Waals surface area (Å²) in [5.41, 5.74) is 2.45. The maximum absolute atomic E-state index is 11.9. The Labute approximate surface area is 144 Å². The molecule has 1 aromatic carbocycles. The van der Waals surface area contributed by atoms with Crippen molar-refractivity contribution in [2.24, 2.45) is 0 Å². The van der Waals surface area contributed by atoms with Gasteiger partial charge in [-0.3, -0.25) is 4.79 Å². The molecule has 132 valence electrons. The molecule has 2 aliphatic heterocycles. The topological polar surface area (TPSA) is 42.0 Å². The van der Waals surface area contributed by atoms with Gasteiger partial charge in [-0.2, -0.15) is 0 Å². The summed E-state index contributed by atoms with van der Waals surface area (Å²) in [5, 5.41) is 0. The number of benzene rings is 1. The van der Waals surface area contributed by atoms with Crippen molar-refractivity contribution in [3.63, 3.8) is 0 Å². The van der Waals surface area contributed by atoms with E-state index in [1.54, 1.807) is 7.11 Å². The lowest BCUT2D eigenvalue weighted by Crippen LogP contribution is -2.47. The smallest absolute Gasteiger partial charge is 0.248 e. The zero-order valence-electron chi connectivity index (χ0n) is 15.0. The summed E-state index contributed by atoms with van der Waals surface area (Å²) in [4.78, 5) is 16.2. The Balaban J connectivity index is 1.57. The predicted molar refractivity (Wildman–Crippen MR) is 94.4 cm³/mol. The number of nitrogens with zero attached hydrogens (tertiary/aromatic N) is 2. The van der Waals surface area contributed by atoms with Gasteiger partial charge in [-0.15, -0.1) is 0 Å². The number of likely N-dealkylation sites (N-methyl/N-ethyl adjacent to an activating group) is 1. The molecule has 24 heavy (non-hydrogen) atoms. The first-order valence-corrected chi connectivity index (χ1v) is 8.73. The van der Waals surface area contributed by atoms with Crippen LogP contribution in [-0.2, 0) is 14.3 Å². The van der Waals surface area contributed by atoms with Crippen molar-refractivity contribution in [1.29, 1.82) is 0 Å². The average molecular weight is 332 g/mol. The number of carbonyl (C=O) groups excluding carboxylic acids is 1. The third-order valence-electron chi connectivity index (χ3n) is 5.47. The zero-order valence-corrected chi connectivity index (χ0v) is 15.0. The number of aryl methyl sites for hydroxylation is 1. The minimum Gasteiger partial charge on any atom is -0.375 e. The van der Waals surface area contributed by atoms with Crippen LogP contribution < -0.4 is 4.90 Å². The predicted octanol–water partition coefficient (Wildman–Crippen LogP) is 2.23. The molecule has 1 amide bonds. The SMILES string of the molecule is COCC(=O)N1CCC2(CC1)C[C@@H](N(C)c1ccc(C)cc1)CO2. The Morgan fingerprint density at radius 1 is 1.33 bits per heavy atom. The Bertz CT molecular complexity index is 564. The normalized spacial score (nSPS) is 22.8. The summed E-state index contributed by atoms with van der Waals surface area (Å²) in [6.07, 6.45) is 2.87. The van der Waals surface area contributed by atoms with Crippen LogP contribution >= 0.6 is 0 Å². The molecule has 1 spiro atoms. The molecule has 5 heteroatoms. The second kappa shape index (κ2) is 7.11. The summed E-state index contributed by atoms with van der Waals surface area (Å²) >= 11 is 0. The Morgan fingerprint density at radius 3 is 2.62 bits per heavy atom. The standard InChI is InChI=1S/C19H28N2O3/c1-15-4-6-16(7-5-15)20(2)17-12-19(24-13-17)8-10-21(11-9-19)18(22)14-23-3/h4-7,17H,8-14H2,1-3H3/t17-/m1/s1. The van der Waals surface area contributed by atoms with E-state index in [0.29, 0.717) is 6.04 Å². The van der Waals surface area contributed by atoms with E-state index in [9.17, 15) is 4.79 Å². The molecule has 0 bridgehead atoms. The fourth-order valence-electron chi connectivity index (χ4n) is 3.79. The van der Waals surface area contributed by atoms with Gasteiger partial charge in [0.15, 0.2) is 0 Å². The summed E-state index contributed by atoms with van der Waals surface area (Å²) in [7, 11) is 3.71. The van der Waals surface area contributed by atoms with Crippen molar-refractivity contribution in [2.75, 3.05) is 45.4 Å². The van der Waals surface area contributed by atoms with Crippen LogP contribution in [0.4, 0.5) is 5.69 Å². The number of rotatable bonds is 4. The van der Waals surface area contributed by atoms with Gasteiger partial charge in [0.25, 0.3) is 0 Å². The Kier molecular flexibility index (Phi) is 5.11. The van der Waals surface area contributed by atoms with Crippen molar-refractivity contribution in [2.45, 2.75) is 37.8 Å². The first kappa shape index (κ1) is 17.2. The number of carbonyl (C=O) groups is 1. The van der Waals surface area contributed by atoms with Gasteiger partial charge in [-0.25, -0.2) is 0 Å². The molecule has 2 fully saturated rings. The molecule has 1 aromatic rings. The van der Waals surface area contributed by atoms with Crippen LogP contribution in [-0.4, -0.2) is 62.9 Å². The lowest BCUT2D eigenvalue weighted by atomic mass is 9.87. The molecule has 2 heterocycles. The number of hydrogen-bond acceptors (Lipinski definition) is 4. The molecule has 0 N–H and O–H groups in total. The highest BCUT2D eigenvalue weighted by atomic mass is 16.5. The van der Waals surface area contributed by atoms with E-state index in [1.807, 2.05) is 4.90 Å². The first-order valence-electron chi connectivity index (χ1n) is 8.73. The molecule has 5 nitrogen and oxygen atoms in total. The van der Waals surface area contributed by atoms with E-state index in [-0.39, 0.29) is 18.1 Å². The van der Waals surface area contributed by atoms with Gasteiger partial charge in [-0.05, 0) is 38.3 Å². The third kappa shape index (κ3) is 3.57. The fraction of sp³-hybridized carbons (Fsp3) is 0.632. The maximum Gasteiger partial charge on any atom is 0.248 e. The van der Waals surface area contributed by atoms with Gasteiger partial charge in [-0.1, -0.05) is 17.7 Å². The molecule has 2 aliphatic rings. The first-order chi connectivity index (χ1) is 11.5. The molecular weight excluding hydrogens is 304 g/mol. The maximum atomic E-state index is 11.9. The van der Waals surface area contributed by atoms with Crippen molar-refractivity contribution < 1.29 is 14.3 Å². The lowest BCUT2D eigenvalue weighted by molar-refractivity contribution is -0.139. The summed E-state index contributed by atoms with van der Waals surface area (Å²) in [6.45, 7) is 4.57. The van der Waals surface area contributed by atoms with E-state index < -0.39 is 0 Å². The van der Waals surface area contributed by atoms with E-state index >= 15 is 0 Å². The van der Waals surface area contributed by atoms with Crippen molar-refractivity contribution in [1.82, 2.24) is 4.90 Å². The molecule has 2 saturated heterocycles. The number of piperidine rings is 1. The quantitative estimate of drug-likeness (QED) is 0.848. The summed E-state index contributed by atoms with van der Waals surface area (Å²) in [5.74, 6) is 0.0821. The molecule has 0 aromatic heterocycles. The molecule has 3 rings (SSSR count). The number of amides is 1. The van der Waals surface area contributed by atoms with E-state index in [4.69, 9.17) is 9.47 Å². The molecule has 0 aliphatic carbocycles. The number of hydrogen-bond donors (Lipinski definition) is 0. The molecule has 1 atom stereocenters. The van der Waals surface area contributed by atoms with E-state index in [0.717, 1.165) is 39.0 Å². The second-order valence-corrected chi connectivity index (χ2v) is 7.11. The largest absolute Gasteiger partial charge is 0.375 e. The minimum absolute atomic E-state index is 0.0620. The number of ether oxygens (including phenoxy) is 2. The van der Waals surface area contributed by atoms with Gasteiger partial charge >= 0.3 is 0 Å². The summed E-state index contributed by atoms with van der Waals surface area (Å²) in [6, 6.07) is 9.04. The van der Waals surface area contributed by atoms with Crippen LogP contribution in [0.1, 0.15) is 24.8 Å². The monoisotopic (exact) mass is 332 g/mol. The van der Waals surface area contributed by atoms with Crippen molar-refractivity contribution in [3.05, 3.63) is 29.8 Å². The minimum atomic E-state index is -0.0620. The van der Waals surface area contributed by atoms with Gasteiger partial charge in [0, 0.05) is 32.9 Å². The van der Waals surface area contributed by atoms with Crippen LogP contribution in [0.15, 0.2) is 24.3 Å². The van der Waals surface area contributed by atoms with Gasteiger partial charge in [0.05, 0.1) is 18.2 Å². The lowest BCUT2D eigenvalue weighted by Gasteiger charge is -2.39. The van der Waals surface area contributed by atoms with Gasteiger partial charge in [0.1, 0.15) is 6.61 Å². The van der Waals surface area contributed by atoms with Gasteiger partial charge in [0.2, 0.25) is 5.91 Å². The average Bonchev–Trinajstić information content (AvgIpc) is 2.99. The zero-order chi connectivity index (χ0) is 17.2. The van der Waals surface area contributed by atoms with Crippen LogP contribution in [0.25, 0.3) is 0 Å². The van der Waals surface area contributed by atoms with E-state index in [2.05, 4.69) is 43.1 Å². The number of likely N-dealkylation sites (tertiary alicyclic amines) is 1. The summed E-state index contributed by atoms with van der Waals surface area (Å²) < 4.78 is 11.2. The van der Waals surface area contributed by atoms with Crippen LogP contribution in [0.3, 0.4) is 0 Å². The number of anilines is 1. The second-order valence-electron chi connectivity index (χ2n) is 7.11.